The lowest BCUT2D eigenvalue weighted by Gasteiger charge is -2.11. The zero-order chi connectivity index (χ0) is 12.0. The van der Waals surface area contributed by atoms with Gasteiger partial charge < -0.3 is 0 Å². The van der Waals surface area contributed by atoms with E-state index in [0.29, 0.717) is 11.8 Å². The molecule has 2 unspecified atom stereocenters. The quantitative estimate of drug-likeness (QED) is 0.624. The van der Waals surface area contributed by atoms with Crippen molar-refractivity contribution in [2.24, 2.45) is 5.92 Å². The van der Waals surface area contributed by atoms with Crippen LogP contribution in [-0.4, -0.2) is 0 Å². The van der Waals surface area contributed by atoms with Crippen molar-refractivity contribution >= 4 is 0 Å². The van der Waals surface area contributed by atoms with E-state index in [1.807, 2.05) is 13.8 Å². The topological polar surface area (TPSA) is 0 Å². The first-order chi connectivity index (χ1) is 7.86. The summed E-state index contributed by atoms with van der Waals surface area (Å²) in [7, 11) is 0. The highest BCUT2D eigenvalue weighted by molar-refractivity contribution is 5.40. The summed E-state index contributed by atoms with van der Waals surface area (Å²) in [6.07, 6.45) is 7.69. The third-order valence-electron chi connectivity index (χ3n) is 3.02. The monoisotopic (exact) mass is 214 g/mol. The summed E-state index contributed by atoms with van der Waals surface area (Å²) in [5, 5.41) is 0. The first-order valence-electron chi connectivity index (χ1n) is 6.20. The van der Waals surface area contributed by atoms with Crippen LogP contribution in [0.15, 0.2) is 49.1 Å². The van der Waals surface area contributed by atoms with Crippen molar-refractivity contribution in [2.45, 2.75) is 33.1 Å². The van der Waals surface area contributed by atoms with E-state index < -0.39 is 0 Å². The predicted molar refractivity (Wildman–Crippen MR) is 72.7 cm³/mol. The molecule has 86 valence electrons. The van der Waals surface area contributed by atoms with Gasteiger partial charge in [0.2, 0.25) is 0 Å². The van der Waals surface area contributed by atoms with Gasteiger partial charge >= 0.3 is 0 Å². The Hall–Kier alpha value is -1.30. The van der Waals surface area contributed by atoms with Crippen molar-refractivity contribution in [3.63, 3.8) is 0 Å². The summed E-state index contributed by atoms with van der Waals surface area (Å²) in [4.78, 5) is 0. The van der Waals surface area contributed by atoms with E-state index >= 15 is 0 Å². The molecule has 16 heavy (non-hydrogen) atoms. The van der Waals surface area contributed by atoms with Gasteiger partial charge in [-0.2, -0.15) is 0 Å². The Balaban J connectivity index is 0.000000606. The lowest BCUT2D eigenvalue weighted by Crippen LogP contribution is -2.01. The van der Waals surface area contributed by atoms with Crippen LogP contribution in [-0.2, 0) is 6.42 Å². The van der Waals surface area contributed by atoms with Crippen LogP contribution in [0.25, 0.3) is 0 Å². The molecule has 2 rings (SSSR count). The number of fused-ring (bicyclic) bond motifs is 1. The molecule has 0 fully saturated rings. The van der Waals surface area contributed by atoms with Crippen LogP contribution in [0.4, 0.5) is 0 Å². The first kappa shape index (κ1) is 12.8. The van der Waals surface area contributed by atoms with Gasteiger partial charge in [0, 0.05) is 5.92 Å². The minimum Gasteiger partial charge on any atom is -0.102 e. The maximum atomic E-state index is 3.94. The highest BCUT2D eigenvalue weighted by Crippen LogP contribution is 2.39. The Morgan fingerprint density at radius 3 is 2.56 bits per heavy atom. The van der Waals surface area contributed by atoms with Crippen LogP contribution in [0.3, 0.4) is 0 Å². The van der Waals surface area contributed by atoms with Gasteiger partial charge in [-0.05, 0) is 30.4 Å². The van der Waals surface area contributed by atoms with Gasteiger partial charge in [-0.3, -0.25) is 0 Å². The van der Waals surface area contributed by atoms with Crippen molar-refractivity contribution in [1.29, 1.82) is 0 Å². The standard InChI is InChI=1S/C14H16.C2H6/c1-3-7-11-10-12-8-5-6-9-14(12)13(11)4-2;1-2/h3-9,11,13H,2,10H2,1H3;1-2H3/b7-3-;. The van der Waals surface area contributed by atoms with Crippen LogP contribution in [0.5, 0.6) is 0 Å². The second-order valence-electron chi connectivity index (χ2n) is 3.85. The number of hydrogen-bond donors (Lipinski definition) is 0. The Morgan fingerprint density at radius 1 is 1.25 bits per heavy atom. The molecule has 1 aliphatic carbocycles. The van der Waals surface area contributed by atoms with Crippen LogP contribution in [0.1, 0.15) is 37.8 Å². The molecule has 0 N–H and O–H groups in total. The van der Waals surface area contributed by atoms with Crippen molar-refractivity contribution in [3.05, 3.63) is 60.2 Å². The third kappa shape index (κ3) is 2.44. The molecule has 0 heterocycles. The van der Waals surface area contributed by atoms with Crippen molar-refractivity contribution in [1.82, 2.24) is 0 Å². The summed E-state index contributed by atoms with van der Waals surface area (Å²) >= 11 is 0. The van der Waals surface area contributed by atoms with Crippen LogP contribution in [0, 0.1) is 5.92 Å². The molecule has 0 spiro atoms. The highest BCUT2D eigenvalue weighted by atomic mass is 14.3. The van der Waals surface area contributed by atoms with Gasteiger partial charge in [0.15, 0.2) is 0 Å². The minimum absolute atomic E-state index is 0.516. The van der Waals surface area contributed by atoms with E-state index in [1.54, 1.807) is 0 Å². The average Bonchev–Trinajstić information content (AvgIpc) is 2.69. The molecule has 0 aromatic heterocycles. The normalized spacial score (nSPS) is 22.4. The zero-order valence-corrected chi connectivity index (χ0v) is 10.6. The zero-order valence-electron chi connectivity index (χ0n) is 10.6. The summed E-state index contributed by atoms with van der Waals surface area (Å²) in [6, 6.07) is 8.70. The molecule has 0 nitrogen and oxygen atoms in total. The van der Waals surface area contributed by atoms with Crippen molar-refractivity contribution in [2.75, 3.05) is 0 Å². The fourth-order valence-electron chi connectivity index (χ4n) is 2.39. The van der Waals surface area contributed by atoms with Crippen LogP contribution in [0.2, 0.25) is 0 Å². The Kier molecular flexibility index (Phi) is 5.04. The van der Waals surface area contributed by atoms with E-state index in [2.05, 4.69) is 56.0 Å². The molecule has 1 aromatic rings. The number of rotatable bonds is 2. The van der Waals surface area contributed by atoms with Gasteiger partial charge in [-0.25, -0.2) is 0 Å². The van der Waals surface area contributed by atoms with Crippen molar-refractivity contribution in [3.8, 4) is 0 Å². The average molecular weight is 214 g/mol. The molecule has 2 atom stereocenters. The lowest BCUT2D eigenvalue weighted by atomic mass is 9.92. The summed E-state index contributed by atoms with van der Waals surface area (Å²) in [6.45, 7) is 10.0. The van der Waals surface area contributed by atoms with Crippen molar-refractivity contribution < 1.29 is 0 Å². The molecule has 1 aliphatic rings. The van der Waals surface area contributed by atoms with Gasteiger partial charge in [-0.1, -0.05) is 56.3 Å². The molecular weight excluding hydrogens is 192 g/mol. The Labute approximate surface area is 99.7 Å². The van der Waals surface area contributed by atoms with E-state index in [1.165, 1.54) is 11.1 Å². The largest absolute Gasteiger partial charge is 0.102 e. The van der Waals surface area contributed by atoms with E-state index in [9.17, 15) is 0 Å². The smallest absolute Gasteiger partial charge is 0.00841 e. The SMILES string of the molecule is C=CC1c2ccccc2CC1/C=C\C.CC. The summed E-state index contributed by atoms with van der Waals surface area (Å²) < 4.78 is 0. The number of allylic oxidation sites excluding steroid dienone is 3. The lowest BCUT2D eigenvalue weighted by molar-refractivity contribution is 0.636. The molecule has 1 aromatic carbocycles. The summed E-state index contributed by atoms with van der Waals surface area (Å²) in [5.41, 5.74) is 2.95. The van der Waals surface area contributed by atoms with E-state index in [-0.39, 0.29) is 0 Å². The van der Waals surface area contributed by atoms with Gasteiger partial charge in [0.25, 0.3) is 0 Å². The Bertz CT molecular complexity index is 360. The molecule has 0 bridgehead atoms. The molecule has 0 heteroatoms. The second kappa shape index (κ2) is 6.32. The molecule has 0 saturated carbocycles. The predicted octanol–water partition coefficient (Wildman–Crippen LogP) is 4.73. The Morgan fingerprint density at radius 2 is 1.94 bits per heavy atom. The molecular formula is C16H22. The maximum Gasteiger partial charge on any atom is 0.00841 e. The molecule has 0 radical (unpaired) electrons. The maximum absolute atomic E-state index is 3.94. The van der Waals surface area contributed by atoms with Gasteiger partial charge in [-0.15, -0.1) is 6.58 Å². The van der Waals surface area contributed by atoms with E-state index in [4.69, 9.17) is 0 Å². The second-order valence-corrected chi connectivity index (χ2v) is 3.85. The fraction of sp³-hybridized carbons (Fsp3) is 0.375. The van der Waals surface area contributed by atoms with Crippen LogP contribution >= 0.6 is 0 Å². The van der Waals surface area contributed by atoms with Gasteiger partial charge in [0.1, 0.15) is 0 Å². The van der Waals surface area contributed by atoms with E-state index in [0.717, 1.165) is 6.42 Å². The van der Waals surface area contributed by atoms with Gasteiger partial charge in [0.05, 0.1) is 0 Å². The number of hydrogen-bond acceptors (Lipinski definition) is 0. The fourth-order valence-corrected chi connectivity index (χ4v) is 2.39. The first-order valence-corrected chi connectivity index (χ1v) is 6.20. The molecule has 0 amide bonds. The minimum atomic E-state index is 0.516. The highest BCUT2D eigenvalue weighted by Gasteiger charge is 2.27. The molecule has 0 aliphatic heterocycles. The molecule has 0 saturated heterocycles. The number of benzene rings is 1. The van der Waals surface area contributed by atoms with Crippen LogP contribution < -0.4 is 0 Å². The third-order valence-corrected chi connectivity index (χ3v) is 3.02. The summed E-state index contributed by atoms with van der Waals surface area (Å²) in [5.74, 6) is 1.14.